The Morgan fingerprint density at radius 3 is 2.64 bits per heavy atom. The van der Waals surface area contributed by atoms with Gasteiger partial charge in [0.1, 0.15) is 0 Å². The van der Waals surface area contributed by atoms with Crippen LogP contribution in [0.2, 0.25) is 5.02 Å². The Morgan fingerprint density at radius 1 is 1.29 bits per heavy atom. The predicted molar refractivity (Wildman–Crippen MR) is 101 cm³/mol. The van der Waals surface area contributed by atoms with Gasteiger partial charge in [0.25, 0.3) is 11.6 Å². The van der Waals surface area contributed by atoms with Crippen molar-refractivity contribution in [3.63, 3.8) is 0 Å². The summed E-state index contributed by atoms with van der Waals surface area (Å²) < 4.78 is 40.4. The summed E-state index contributed by atoms with van der Waals surface area (Å²) in [6.45, 7) is 3.28. The summed E-state index contributed by atoms with van der Waals surface area (Å²) in [7, 11) is 0. The number of amides is 1. The zero-order valence-electron chi connectivity index (χ0n) is 14.7. The number of aromatic nitrogens is 4. The molecule has 0 bridgehead atoms. The van der Waals surface area contributed by atoms with Crippen LogP contribution >= 0.6 is 27.5 Å². The van der Waals surface area contributed by atoms with E-state index in [0.29, 0.717) is 27.7 Å². The summed E-state index contributed by atoms with van der Waals surface area (Å²) in [6.07, 6.45) is -4.28. The van der Waals surface area contributed by atoms with Gasteiger partial charge < -0.3 is 5.32 Å². The van der Waals surface area contributed by atoms with Crippen molar-refractivity contribution in [2.75, 3.05) is 5.32 Å². The zero-order valence-corrected chi connectivity index (χ0v) is 17.1. The van der Waals surface area contributed by atoms with Crippen molar-refractivity contribution in [3.05, 3.63) is 50.5 Å². The molecule has 0 aliphatic rings. The van der Waals surface area contributed by atoms with Crippen LogP contribution < -0.4 is 5.32 Å². The fourth-order valence-corrected chi connectivity index (χ4v) is 3.45. The van der Waals surface area contributed by atoms with E-state index in [0.717, 1.165) is 8.99 Å². The van der Waals surface area contributed by atoms with Crippen molar-refractivity contribution >= 4 is 44.9 Å². The number of carbonyl (C=O) groups is 1. The lowest BCUT2D eigenvalue weighted by Crippen LogP contribution is -2.14. The first-order valence-corrected chi connectivity index (χ1v) is 9.28. The molecule has 0 atom stereocenters. The Hall–Kier alpha value is -2.20. The summed E-state index contributed by atoms with van der Waals surface area (Å²) >= 11 is 9.37. The number of hydrogen-bond acceptors (Lipinski definition) is 4. The summed E-state index contributed by atoms with van der Waals surface area (Å²) in [4.78, 5) is 19.8. The second-order valence-corrected chi connectivity index (χ2v) is 7.40. The minimum atomic E-state index is -4.65. The number of benzene rings is 1. The molecule has 11 heteroatoms. The lowest BCUT2D eigenvalue weighted by molar-refractivity contribution is -0.144. The molecule has 2 aromatic heterocycles. The Bertz CT molecular complexity index is 1070. The third-order valence-corrected chi connectivity index (χ3v) is 4.92. The van der Waals surface area contributed by atoms with Crippen LogP contribution in [0.5, 0.6) is 0 Å². The Morgan fingerprint density at radius 2 is 2.00 bits per heavy atom. The van der Waals surface area contributed by atoms with E-state index in [2.05, 4.69) is 36.3 Å². The van der Waals surface area contributed by atoms with Gasteiger partial charge >= 0.3 is 6.18 Å². The van der Waals surface area contributed by atoms with Gasteiger partial charge in [0.2, 0.25) is 5.91 Å². The van der Waals surface area contributed by atoms with Crippen LogP contribution in [0.15, 0.2) is 22.7 Å². The molecule has 0 aliphatic heterocycles. The zero-order chi connectivity index (χ0) is 20.6. The molecule has 2 heterocycles. The number of rotatable bonds is 4. The summed E-state index contributed by atoms with van der Waals surface area (Å²) in [6, 6.07) is 5.07. The Balaban J connectivity index is 1.79. The monoisotopic (exact) mass is 475 g/mol. The highest BCUT2D eigenvalue weighted by Gasteiger charge is 2.36. The van der Waals surface area contributed by atoms with Gasteiger partial charge in [0.15, 0.2) is 0 Å². The van der Waals surface area contributed by atoms with Crippen molar-refractivity contribution in [1.82, 2.24) is 19.6 Å². The molecule has 0 aliphatic carbocycles. The molecule has 0 spiro atoms. The molecule has 1 amide bonds. The first kappa shape index (κ1) is 20.5. The Kier molecular flexibility index (Phi) is 5.62. The van der Waals surface area contributed by atoms with Crippen molar-refractivity contribution in [2.24, 2.45) is 0 Å². The molecule has 0 unspecified atom stereocenters. The standard InChI is InChI=1S/C17H14BrClF3N5O/c1-8-11(4-6-14(28)24-13-5-3-10(18)7-12(13)19)9(2)27-16(23-8)25-15(26-27)17(20,21)22/h3,5,7H,4,6H2,1-2H3,(H,24,28). The molecular weight excluding hydrogens is 463 g/mol. The fourth-order valence-electron chi connectivity index (χ4n) is 2.73. The van der Waals surface area contributed by atoms with Crippen molar-refractivity contribution in [3.8, 4) is 0 Å². The second-order valence-electron chi connectivity index (χ2n) is 6.08. The normalized spacial score (nSPS) is 11.8. The molecule has 0 fully saturated rings. The molecule has 148 valence electrons. The molecule has 3 rings (SSSR count). The van der Waals surface area contributed by atoms with E-state index in [1.807, 2.05) is 0 Å². The first-order valence-electron chi connectivity index (χ1n) is 8.11. The van der Waals surface area contributed by atoms with Crippen LogP contribution in [0.4, 0.5) is 18.9 Å². The van der Waals surface area contributed by atoms with E-state index in [1.165, 1.54) is 0 Å². The number of anilines is 1. The highest BCUT2D eigenvalue weighted by Crippen LogP contribution is 2.28. The summed E-state index contributed by atoms with van der Waals surface area (Å²) in [5, 5.41) is 6.60. The van der Waals surface area contributed by atoms with Gasteiger partial charge in [-0.3, -0.25) is 4.79 Å². The molecule has 1 aromatic carbocycles. The van der Waals surface area contributed by atoms with E-state index in [1.54, 1.807) is 32.0 Å². The average molecular weight is 477 g/mol. The number of fused-ring (bicyclic) bond motifs is 1. The highest BCUT2D eigenvalue weighted by atomic mass is 79.9. The molecular formula is C17H14BrClF3N5O. The van der Waals surface area contributed by atoms with Crippen LogP contribution in [0.1, 0.15) is 29.2 Å². The highest BCUT2D eigenvalue weighted by molar-refractivity contribution is 9.10. The van der Waals surface area contributed by atoms with Gasteiger partial charge in [-0.2, -0.15) is 18.2 Å². The van der Waals surface area contributed by atoms with Gasteiger partial charge in [0.05, 0.1) is 10.7 Å². The Labute approximate surface area is 171 Å². The van der Waals surface area contributed by atoms with Crippen LogP contribution in [-0.2, 0) is 17.4 Å². The molecule has 0 saturated heterocycles. The van der Waals surface area contributed by atoms with Crippen LogP contribution in [-0.4, -0.2) is 25.5 Å². The quantitative estimate of drug-likeness (QED) is 0.590. The van der Waals surface area contributed by atoms with Gasteiger partial charge in [-0.05, 0) is 44.0 Å². The number of carbonyl (C=O) groups excluding carboxylic acids is 1. The van der Waals surface area contributed by atoms with E-state index in [9.17, 15) is 18.0 Å². The van der Waals surface area contributed by atoms with Crippen molar-refractivity contribution < 1.29 is 18.0 Å². The van der Waals surface area contributed by atoms with Gasteiger partial charge in [-0.25, -0.2) is 9.50 Å². The van der Waals surface area contributed by atoms with Crippen molar-refractivity contribution in [2.45, 2.75) is 32.9 Å². The molecule has 6 nitrogen and oxygen atoms in total. The van der Waals surface area contributed by atoms with Crippen LogP contribution in [0.3, 0.4) is 0 Å². The maximum atomic E-state index is 12.8. The van der Waals surface area contributed by atoms with Crippen LogP contribution in [0.25, 0.3) is 5.78 Å². The van der Waals surface area contributed by atoms with E-state index < -0.39 is 12.0 Å². The average Bonchev–Trinajstić information content (AvgIpc) is 3.01. The summed E-state index contributed by atoms with van der Waals surface area (Å²) in [5.41, 5.74) is 2.08. The number of hydrogen-bond donors (Lipinski definition) is 1. The maximum absolute atomic E-state index is 12.8. The third-order valence-electron chi connectivity index (χ3n) is 4.11. The lowest BCUT2D eigenvalue weighted by Gasteiger charge is -2.11. The third kappa shape index (κ3) is 4.27. The van der Waals surface area contributed by atoms with Crippen LogP contribution in [0, 0.1) is 13.8 Å². The lowest BCUT2D eigenvalue weighted by atomic mass is 10.1. The number of halogens is 5. The predicted octanol–water partition coefficient (Wildman–Crippen LogP) is 4.75. The van der Waals surface area contributed by atoms with E-state index in [4.69, 9.17) is 11.6 Å². The van der Waals surface area contributed by atoms with Crippen molar-refractivity contribution in [1.29, 1.82) is 0 Å². The smallest absolute Gasteiger partial charge is 0.325 e. The van der Waals surface area contributed by atoms with Gasteiger partial charge in [-0.1, -0.05) is 27.5 Å². The largest absolute Gasteiger partial charge is 0.453 e. The molecule has 28 heavy (non-hydrogen) atoms. The number of nitrogens with one attached hydrogen (secondary N) is 1. The first-order chi connectivity index (χ1) is 13.1. The second kappa shape index (κ2) is 7.67. The molecule has 3 aromatic rings. The minimum absolute atomic E-state index is 0.0993. The van der Waals surface area contributed by atoms with Gasteiger partial charge in [0, 0.05) is 22.3 Å². The molecule has 1 N–H and O–H groups in total. The molecule has 0 radical (unpaired) electrons. The topological polar surface area (TPSA) is 72.2 Å². The number of alkyl halides is 3. The number of nitrogens with zero attached hydrogens (tertiary/aromatic N) is 4. The maximum Gasteiger partial charge on any atom is 0.453 e. The number of aryl methyl sites for hydroxylation is 2. The van der Waals surface area contributed by atoms with E-state index >= 15 is 0 Å². The van der Waals surface area contributed by atoms with E-state index in [-0.39, 0.29) is 24.5 Å². The molecule has 0 saturated carbocycles. The minimum Gasteiger partial charge on any atom is -0.325 e. The fraction of sp³-hybridized carbons (Fsp3) is 0.294. The SMILES string of the molecule is Cc1nc2nc(C(F)(F)F)nn2c(C)c1CCC(=O)Nc1ccc(Br)cc1Cl. The van der Waals surface area contributed by atoms with Gasteiger partial charge in [-0.15, -0.1) is 5.10 Å². The summed E-state index contributed by atoms with van der Waals surface area (Å²) in [5.74, 6) is -1.66.